The zero-order chi connectivity index (χ0) is 13.3. The van der Waals surface area contributed by atoms with Crippen molar-refractivity contribution >= 4 is 23.2 Å². The average Bonchev–Trinajstić information content (AvgIpc) is 2.58. The van der Waals surface area contributed by atoms with Crippen LogP contribution in [0.25, 0.3) is 0 Å². The fourth-order valence-corrected chi connectivity index (χ4v) is 1.99. The van der Waals surface area contributed by atoms with Gasteiger partial charge >= 0.3 is 0 Å². The predicted octanol–water partition coefficient (Wildman–Crippen LogP) is 3.62. The van der Waals surface area contributed by atoms with Crippen molar-refractivity contribution < 1.29 is 4.74 Å². The Morgan fingerprint density at radius 2 is 2.11 bits per heavy atom. The van der Waals surface area contributed by atoms with Crippen LogP contribution in [-0.2, 0) is 12.9 Å². The molecule has 0 unspecified atom stereocenters. The topological polar surface area (TPSA) is 39.9 Å². The van der Waals surface area contributed by atoms with E-state index in [1.54, 1.807) is 16.9 Å². The minimum Gasteiger partial charge on any atom is -0.434 e. The predicted molar refractivity (Wildman–Crippen MR) is 71.6 cm³/mol. The quantitative estimate of drug-likeness (QED) is 0.809. The maximum absolute atomic E-state index is 6.10. The molecule has 0 fully saturated rings. The Bertz CT molecular complexity index is 581. The molecular formula is C12H13Cl2N3O. The summed E-state index contributed by atoms with van der Waals surface area (Å²) < 4.78 is 7.48. The third-order valence-corrected chi connectivity index (χ3v) is 3.24. The molecule has 0 atom stereocenters. The Hall–Kier alpha value is -1.26. The van der Waals surface area contributed by atoms with Crippen molar-refractivity contribution in [2.75, 3.05) is 0 Å². The molecule has 18 heavy (non-hydrogen) atoms. The van der Waals surface area contributed by atoms with Gasteiger partial charge in [0.05, 0.1) is 5.69 Å². The molecule has 0 amide bonds. The van der Waals surface area contributed by atoms with E-state index in [2.05, 4.69) is 10.1 Å². The van der Waals surface area contributed by atoms with Crippen molar-refractivity contribution in [2.45, 2.75) is 19.7 Å². The summed E-state index contributed by atoms with van der Waals surface area (Å²) in [4.78, 5) is 4.16. The van der Waals surface area contributed by atoms with E-state index in [9.17, 15) is 0 Å². The van der Waals surface area contributed by atoms with Crippen LogP contribution in [0.4, 0.5) is 0 Å². The van der Waals surface area contributed by atoms with Gasteiger partial charge in [0.1, 0.15) is 10.7 Å². The summed E-state index contributed by atoms with van der Waals surface area (Å²) >= 11 is 11.8. The van der Waals surface area contributed by atoms with Gasteiger partial charge in [-0.25, -0.2) is 4.98 Å². The first-order chi connectivity index (χ1) is 8.52. The van der Waals surface area contributed by atoms with Crippen LogP contribution in [-0.4, -0.2) is 14.8 Å². The molecule has 6 heteroatoms. The lowest BCUT2D eigenvalue weighted by Gasteiger charge is -2.07. The minimum atomic E-state index is 0.365. The third-order valence-electron chi connectivity index (χ3n) is 2.66. The lowest BCUT2D eigenvalue weighted by atomic mass is 10.3. The number of alkyl halides is 1. The lowest BCUT2D eigenvalue weighted by molar-refractivity contribution is 0.455. The van der Waals surface area contributed by atoms with Crippen LogP contribution < -0.4 is 4.74 Å². The second-order valence-electron chi connectivity index (χ2n) is 3.99. The zero-order valence-electron chi connectivity index (χ0n) is 10.4. The second kappa shape index (κ2) is 5.16. The summed E-state index contributed by atoms with van der Waals surface area (Å²) in [6.45, 7) is 3.81. The van der Waals surface area contributed by atoms with Gasteiger partial charge in [-0.15, -0.1) is 11.6 Å². The van der Waals surface area contributed by atoms with Crippen LogP contribution in [0, 0.1) is 13.8 Å². The Balaban J connectivity index is 2.34. The normalized spacial score (nSPS) is 10.7. The Labute approximate surface area is 115 Å². The number of hydrogen-bond acceptors (Lipinski definition) is 3. The van der Waals surface area contributed by atoms with Crippen molar-refractivity contribution in [1.82, 2.24) is 14.8 Å². The van der Waals surface area contributed by atoms with Crippen LogP contribution >= 0.6 is 23.2 Å². The largest absolute Gasteiger partial charge is 0.434 e. The summed E-state index contributed by atoms with van der Waals surface area (Å²) in [7, 11) is 1.86. The van der Waals surface area contributed by atoms with Crippen LogP contribution in [0.2, 0.25) is 5.02 Å². The van der Waals surface area contributed by atoms with Gasteiger partial charge in [-0.1, -0.05) is 11.6 Å². The molecule has 4 nitrogen and oxygen atoms in total. The number of rotatable bonds is 3. The van der Waals surface area contributed by atoms with Gasteiger partial charge in [0, 0.05) is 19.1 Å². The molecule has 0 aliphatic heterocycles. The number of hydrogen-bond donors (Lipinski definition) is 0. The molecular weight excluding hydrogens is 273 g/mol. The number of nitrogens with zero attached hydrogens (tertiary/aromatic N) is 3. The Morgan fingerprint density at radius 3 is 2.61 bits per heavy atom. The molecule has 2 aromatic rings. The van der Waals surface area contributed by atoms with Gasteiger partial charge in [-0.2, -0.15) is 5.10 Å². The van der Waals surface area contributed by atoms with Crippen molar-refractivity contribution in [3.63, 3.8) is 0 Å². The number of halogens is 2. The Morgan fingerprint density at radius 1 is 1.39 bits per heavy atom. The molecule has 96 valence electrons. The molecule has 0 spiro atoms. The monoisotopic (exact) mass is 285 g/mol. The smallest absolute Gasteiger partial charge is 0.238 e. The maximum Gasteiger partial charge on any atom is 0.238 e. The summed E-state index contributed by atoms with van der Waals surface area (Å²) in [6, 6.07) is 1.75. The first kappa shape index (κ1) is 13.2. The minimum absolute atomic E-state index is 0.365. The highest BCUT2D eigenvalue weighted by Crippen LogP contribution is 2.31. The molecule has 0 saturated heterocycles. The Kier molecular flexibility index (Phi) is 3.78. The molecule has 0 aliphatic carbocycles. The van der Waals surface area contributed by atoms with E-state index in [1.807, 2.05) is 20.9 Å². The molecule has 0 bridgehead atoms. The number of ether oxygens (including phenoxy) is 1. The van der Waals surface area contributed by atoms with E-state index in [1.165, 1.54) is 0 Å². The molecule has 0 radical (unpaired) electrons. The molecule has 0 aliphatic rings. The van der Waals surface area contributed by atoms with Crippen molar-refractivity contribution in [3.05, 3.63) is 34.2 Å². The van der Waals surface area contributed by atoms with E-state index in [4.69, 9.17) is 27.9 Å². The molecule has 2 aromatic heterocycles. The van der Waals surface area contributed by atoms with Gasteiger partial charge in [0.2, 0.25) is 5.88 Å². The van der Waals surface area contributed by atoms with Gasteiger partial charge in [-0.05, 0) is 25.5 Å². The summed E-state index contributed by atoms with van der Waals surface area (Å²) in [6.07, 6.45) is 1.65. The number of aryl methyl sites for hydroxylation is 2. The molecule has 0 saturated carbocycles. The summed E-state index contributed by atoms with van der Waals surface area (Å²) in [5.74, 6) is 1.42. The SMILES string of the molecule is Cc1nn(C)c(C)c1Oc1ncc(CCl)cc1Cl. The van der Waals surface area contributed by atoms with Gasteiger partial charge in [-0.3, -0.25) is 4.68 Å². The highest BCUT2D eigenvalue weighted by atomic mass is 35.5. The molecule has 2 rings (SSSR count). The summed E-state index contributed by atoms with van der Waals surface area (Å²) in [5, 5.41) is 4.71. The highest BCUT2D eigenvalue weighted by molar-refractivity contribution is 6.32. The van der Waals surface area contributed by atoms with Gasteiger partial charge in [0.25, 0.3) is 0 Å². The van der Waals surface area contributed by atoms with E-state index >= 15 is 0 Å². The standard InChI is InChI=1S/C12H13Cl2N3O/c1-7-11(8(2)17(3)16-7)18-12-10(14)4-9(5-13)6-15-12/h4,6H,5H2,1-3H3. The highest BCUT2D eigenvalue weighted by Gasteiger charge is 2.14. The van der Waals surface area contributed by atoms with E-state index in [-0.39, 0.29) is 0 Å². The first-order valence-corrected chi connectivity index (χ1v) is 6.32. The van der Waals surface area contributed by atoms with Crippen LogP contribution in [0.1, 0.15) is 17.0 Å². The van der Waals surface area contributed by atoms with Crippen LogP contribution in [0.5, 0.6) is 11.6 Å². The number of aromatic nitrogens is 3. The van der Waals surface area contributed by atoms with Crippen molar-refractivity contribution in [3.8, 4) is 11.6 Å². The fourth-order valence-electron chi connectivity index (χ4n) is 1.61. The fraction of sp³-hybridized carbons (Fsp3) is 0.333. The number of pyridine rings is 1. The van der Waals surface area contributed by atoms with E-state index in [0.717, 1.165) is 17.0 Å². The van der Waals surface area contributed by atoms with Crippen LogP contribution in [0.3, 0.4) is 0 Å². The van der Waals surface area contributed by atoms with Gasteiger partial charge in [0.15, 0.2) is 5.75 Å². The average molecular weight is 286 g/mol. The molecule has 2 heterocycles. The van der Waals surface area contributed by atoms with Gasteiger partial charge < -0.3 is 4.74 Å². The van der Waals surface area contributed by atoms with Crippen LogP contribution in [0.15, 0.2) is 12.3 Å². The third kappa shape index (κ3) is 2.44. The van der Waals surface area contributed by atoms with Crippen molar-refractivity contribution in [1.29, 1.82) is 0 Å². The zero-order valence-corrected chi connectivity index (χ0v) is 11.9. The lowest BCUT2D eigenvalue weighted by Crippen LogP contribution is -1.94. The first-order valence-electron chi connectivity index (χ1n) is 5.41. The van der Waals surface area contributed by atoms with E-state index in [0.29, 0.717) is 22.5 Å². The molecule has 0 aromatic carbocycles. The second-order valence-corrected chi connectivity index (χ2v) is 4.66. The summed E-state index contributed by atoms with van der Waals surface area (Å²) in [5.41, 5.74) is 2.58. The van der Waals surface area contributed by atoms with Crippen molar-refractivity contribution in [2.24, 2.45) is 7.05 Å². The molecule has 0 N–H and O–H groups in total. The van der Waals surface area contributed by atoms with E-state index < -0.39 is 0 Å². The maximum atomic E-state index is 6.10.